The maximum Gasteiger partial charge on any atom is 0.224 e. The van der Waals surface area contributed by atoms with E-state index in [2.05, 4.69) is 9.97 Å². The summed E-state index contributed by atoms with van der Waals surface area (Å²) in [5.41, 5.74) is 0.861. The third kappa shape index (κ3) is 2.35. The standard InChI is InChI=1S/C13H9ClN2OS/c14-13-15-11-6-2-1-5-10(11)12(16-13)18-8-9-4-3-7-17-9/h1-7H,8H2. The van der Waals surface area contributed by atoms with Gasteiger partial charge in [-0.2, -0.15) is 0 Å². The van der Waals surface area contributed by atoms with E-state index in [0.717, 1.165) is 27.4 Å². The molecule has 0 aliphatic carbocycles. The molecule has 0 aliphatic rings. The van der Waals surface area contributed by atoms with Crippen LogP contribution < -0.4 is 0 Å². The van der Waals surface area contributed by atoms with Crippen molar-refractivity contribution in [3.63, 3.8) is 0 Å². The molecule has 5 heteroatoms. The van der Waals surface area contributed by atoms with Crippen LogP contribution in [0.25, 0.3) is 10.9 Å². The molecule has 0 amide bonds. The quantitative estimate of drug-likeness (QED) is 0.409. The SMILES string of the molecule is Clc1nc(SCc2ccco2)c2ccccc2n1. The molecule has 0 saturated carbocycles. The van der Waals surface area contributed by atoms with Gasteiger partial charge in [-0.3, -0.25) is 0 Å². The van der Waals surface area contributed by atoms with Crippen LogP contribution in [-0.4, -0.2) is 9.97 Å². The minimum atomic E-state index is 0.274. The van der Waals surface area contributed by atoms with Crippen molar-refractivity contribution in [3.05, 3.63) is 53.7 Å². The van der Waals surface area contributed by atoms with E-state index in [9.17, 15) is 0 Å². The van der Waals surface area contributed by atoms with Crippen molar-refractivity contribution < 1.29 is 4.42 Å². The van der Waals surface area contributed by atoms with Crippen LogP contribution in [0.4, 0.5) is 0 Å². The fourth-order valence-electron chi connectivity index (χ4n) is 1.66. The number of fused-ring (bicyclic) bond motifs is 1. The van der Waals surface area contributed by atoms with Crippen molar-refractivity contribution in [1.29, 1.82) is 0 Å². The number of nitrogens with zero attached hydrogens (tertiary/aromatic N) is 2. The summed E-state index contributed by atoms with van der Waals surface area (Å²) < 4.78 is 5.30. The molecule has 18 heavy (non-hydrogen) atoms. The molecule has 0 bridgehead atoms. The highest BCUT2D eigenvalue weighted by atomic mass is 35.5. The first-order valence-electron chi connectivity index (χ1n) is 5.40. The summed E-state index contributed by atoms with van der Waals surface area (Å²) in [6, 6.07) is 11.7. The van der Waals surface area contributed by atoms with Crippen molar-refractivity contribution in [3.8, 4) is 0 Å². The Hall–Kier alpha value is -1.52. The molecule has 2 heterocycles. The summed E-state index contributed by atoms with van der Waals surface area (Å²) in [7, 11) is 0. The van der Waals surface area contributed by atoms with Gasteiger partial charge in [0.15, 0.2) is 0 Å². The second-order valence-corrected chi connectivity index (χ2v) is 4.99. The maximum absolute atomic E-state index is 5.93. The molecule has 0 unspecified atom stereocenters. The lowest BCUT2D eigenvalue weighted by molar-refractivity contribution is 0.530. The van der Waals surface area contributed by atoms with Gasteiger partial charge in [0.2, 0.25) is 5.28 Å². The predicted molar refractivity (Wildman–Crippen MR) is 72.8 cm³/mol. The second-order valence-electron chi connectivity index (χ2n) is 3.68. The summed E-state index contributed by atoms with van der Waals surface area (Å²) in [6.07, 6.45) is 1.67. The summed E-state index contributed by atoms with van der Waals surface area (Å²) in [5, 5.41) is 2.16. The van der Waals surface area contributed by atoms with Crippen molar-refractivity contribution in [2.24, 2.45) is 0 Å². The van der Waals surface area contributed by atoms with Gasteiger partial charge in [-0.05, 0) is 29.8 Å². The van der Waals surface area contributed by atoms with Gasteiger partial charge in [-0.1, -0.05) is 30.0 Å². The Balaban J connectivity index is 1.95. The number of hydrogen-bond donors (Lipinski definition) is 0. The van der Waals surface area contributed by atoms with Crippen molar-refractivity contribution in [2.75, 3.05) is 0 Å². The van der Waals surface area contributed by atoms with E-state index in [0.29, 0.717) is 0 Å². The largest absolute Gasteiger partial charge is 0.468 e. The van der Waals surface area contributed by atoms with Gasteiger partial charge >= 0.3 is 0 Å². The smallest absolute Gasteiger partial charge is 0.224 e. The number of halogens is 1. The summed E-state index contributed by atoms with van der Waals surface area (Å²) in [4.78, 5) is 8.48. The Kier molecular flexibility index (Phi) is 3.21. The number of benzene rings is 1. The lowest BCUT2D eigenvalue weighted by Crippen LogP contribution is -1.89. The van der Waals surface area contributed by atoms with Crippen LogP contribution >= 0.6 is 23.4 Å². The van der Waals surface area contributed by atoms with Crippen LogP contribution in [0.3, 0.4) is 0 Å². The van der Waals surface area contributed by atoms with Gasteiger partial charge in [0.05, 0.1) is 17.5 Å². The molecule has 0 aliphatic heterocycles. The van der Waals surface area contributed by atoms with Gasteiger partial charge in [0.1, 0.15) is 10.8 Å². The topological polar surface area (TPSA) is 38.9 Å². The monoisotopic (exact) mass is 276 g/mol. The number of rotatable bonds is 3. The van der Waals surface area contributed by atoms with Crippen LogP contribution in [0.15, 0.2) is 52.1 Å². The molecule has 0 saturated heterocycles. The maximum atomic E-state index is 5.93. The summed E-state index contributed by atoms with van der Waals surface area (Å²) in [6.45, 7) is 0. The Bertz CT molecular complexity index is 670. The molecular weight excluding hydrogens is 268 g/mol. The van der Waals surface area contributed by atoms with Gasteiger partial charge in [-0.25, -0.2) is 9.97 Å². The lowest BCUT2D eigenvalue weighted by atomic mass is 10.2. The fourth-order valence-corrected chi connectivity index (χ4v) is 2.81. The number of aromatic nitrogens is 2. The van der Waals surface area contributed by atoms with Crippen LogP contribution in [0.5, 0.6) is 0 Å². The van der Waals surface area contributed by atoms with E-state index in [1.165, 1.54) is 0 Å². The number of furan rings is 1. The van der Waals surface area contributed by atoms with E-state index in [1.807, 2.05) is 36.4 Å². The Labute approximate surface area is 113 Å². The minimum Gasteiger partial charge on any atom is -0.468 e. The van der Waals surface area contributed by atoms with Gasteiger partial charge < -0.3 is 4.42 Å². The highest BCUT2D eigenvalue weighted by Crippen LogP contribution is 2.28. The molecule has 2 aromatic heterocycles. The average Bonchev–Trinajstić information content (AvgIpc) is 2.89. The Morgan fingerprint density at radius 2 is 2.00 bits per heavy atom. The zero-order valence-corrected chi connectivity index (χ0v) is 10.9. The van der Waals surface area contributed by atoms with Gasteiger partial charge in [0.25, 0.3) is 0 Å². The molecule has 90 valence electrons. The lowest BCUT2D eigenvalue weighted by Gasteiger charge is -2.04. The number of thioether (sulfide) groups is 1. The van der Waals surface area contributed by atoms with E-state index in [1.54, 1.807) is 18.0 Å². The summed E-state index contributed by atoms with van der Waals surface area (Å²) in [5.74, 6) is 1.64. The zero-order valence-electron chi connectivity index (χ0n) is 9.34. The Morgan fingerprint density at radius 1 is 1.11 bits per heavy atom. The molecule has 1 aromatic carbocycles. The predicted octanol–water partition coefficient (Wildman–Crippen LogP) is 4.17. The molecule has 0 atom stereocenters. The second kappa shape index (κ2) is 5.00. The van der Waals surface area contributed by atoms with Crippen LogP contribution in [0, 0.1) is 0 Å². The van der Waals surface area contributed by atoms with Crippen LogP contribution in [-0.2, 0) is 5.75 Å². The van der Waals surface area contributed by atoms with E-state index in [4.69, 9.17) is 16.0 Å². The van der Waals surface area contributed by atoms with Crippen molar-refractivity contribution in [2.45, 2.75) is 10.8 Å². The highest BCUT2D eigenvalue weighted by molar-refractivity contribution is 7.98. The molecule has 3 aromatic rings. The molecule has 0 radical (unpaired) electrons. The number of hydrogen-bond acceptors (Lipinski definition) is 4. The van der Waals surface area contributed by atoms with Crippen LogP contribution in [0.2, 0.25) is 5.28 Å². The molecule has 3 rings (SSSR count). The fraction of sp³-hybridized carbons (Fsp3) is 0.0769. The molecule has 3 nitrogen and oxygen atoms in total. The first-order chi connectivity index (χ1) is 8.83. The van der Waals surface area contributed by atoms with Gasteiger partial charge in [0, 0.05) is 5.39 Å². The van der Waals surface area contributed by atoms with Crippen molar-refractivity contribution in [1.82, 2.24) is 9.97 Å². The first kappa shape index (κ1) is 11.6. The van der Waals surface area contributed by atoms with Gasteiger partial charge in [-0.15, -0.1) is 0 Å². The molecule has 0 fully saturated rings. The zero-order chi connectivity index (χ0) is 12.4. The number of para-hydroxylation sites is 1. The molecular formula is C13H9ClN2OS. The normalized spacial score (nSPS) is 10.9. The molecule has 0 N–H and O–H groups in total. The Morgan fingerprint density at radius 3 is 2.83 bits per heavy atom. The van der Waals surface area contributed by atoms with Crippen molar-refractivity contribution >= 4 is 34.3 Å². The van der Waals surface area contributed by atoms with E-state index in [-0.39, 0.29) is 5.28 Å². The van der Waals surface area contributed by atoms with E-state index < -0.39 is 0 Å². The van der Waals surface area contributed by atoms with Crippen LogP contribution in [0.1, 0.15) is 5.76 Å². The summed E-state index contributed by atoms with van der Waals surface area (Å²) >= 11 is 7.52. The molecule has 0 spiro atoms. The third-order valence-electron chi connectivity index (χ3n) is 2.47. The van der Waals surface area contributed by atoms with E-state index >= 15 is 0 Å². The first-order valence-corrected chi connectivity index (χ1v) is 6.77. The highest BCUT2D eigenvalue weighted by Gasteiger charge is 2.07. The average molecular weight is 277 g/mol. The third-order valence-corrected chi connectivity index (χ3v) is 3.65. The minimum absolute atomic E-state index is 0.274.